The van der Waals surface area contributed by atoms with Crippen LogP contribution in [-0.4, -0.2) is 16.1 Å². The summed E-state index contributed by atoms with van der Waals surface area (Å²) in [5.74, 6) is 1.06. The Balaban J connectivity index is 2.15. The van der Waals surface area contributed by atoms with Crippen molar-refractivity contribution in [3.63, 3.8) is 0 Å². The van der Waals surface area contributed by atoms with Crippen LogP contribution in [0.4, 0.5) is 0 Å². The standard InChI is InChI=1S/C16H16ClN3/c1-20-15-8-7-12(17)9-14(15)19-16(20)13(10-18)11-5-3-2-4-6-11/h2-9,13H,10,18H2,1H3. The van der Waals surface area contributed by atoms with Crippen molar-refractivity contribution in [1.82, 2.24) is 9.55 Å². The van der Waals surface area contributed by atoms with Crippen molar-refractivity contribution >= 4 is 22.6 Å². The number of hydrogen-bond acceptors (Lipinski definition) is 2. The Morgan fingerprint density at radius 2 is 1.95 bits per heavy atom. The first-order valence-corrected chi connectivity index (χ1v) is 6.95. The van der Waals surface area contributed by atoms with Gasteiger partial charge in [-0.3, -0.25) is 0 Å². The van der Waals surface area contributed by atoms with E-state index in [2.05, 4.69) is 16.7 Å². The first-order valence-electron chi connectivity index (χ1n) is 6.57. The van der Waals surface area contributed by atoms with Crippen molar-refractivity contribution in [2.45, 2.75) is 5.92 Å². The average Bonchev–Trinajstić information content (AvgIpc) is 2.78. The molecule has 3 nitrogen and oxygen atoms in total. The van der Waals surface area contributed by atoms with Crippen LogP contribution >= 0.6 is 11.6 Å². The Morgan fingerprint density at radius 1 is 1.20 bits per heavy atom. The van der Waals surface area contributed by atoms with Gasteiger partial charge in [-0.05, 0) is 23.8 Å². The van der Waals surface area contributed by atoms with E-state index in [9.17, 15) is 0 Å². The van der Waals surface area contributed by atoms with Gasteiger partial charge in [0, 0.05) is 18.6 Å². The smallest absolute Gasteiger partial charge is 0.118 e. The summed E-state index contributed by atoms with van der Waals surface area (Å²) in [5.41, 5.74) is 9.13. The Kier molecular flexibility index (Phi) is 3.47. The van der Waals surface area contributed by atoms with Gasteiger partial charge in [-0.25, -0.2) is 4.98 Å². The lowest BCUT2D eigenvalue weighted by Gasteiger charge is -2.15. The highest BCUT2D eigenvalue weighted by atomic mass is 35.5. The fraction of sp³-hybridized carbons (Fsp3) is 0.188. The normalized spacial score (nSPS) is 12.8. The molecule has 0 aliphatic carbocycles. The van der Waals surface area contributed by atoms with E-state index in [0.29, 0.717) is 11.6 Å². The molecule has 2 aromatic carbocycles. The molecule has 1 aromatic heterocycles. The van der Waals surface area contributed by atoms with Crippen LogP contribution in [0.25, 0.3) is 11.0 Å². The van der Waals surface area contributed by atoms with Crippen LogP contribution in [0.5, 0.6) is 0 Å². The van der Waals surface area contributed by atoms with Crippen LogP contribution in [0, 0.1) is 0 Å². The molecular formula is C16H16ClN3. The monoisotopic (exact) mass is 285 g/mol. The number of aryl methyl sites for hydroxylation is 1. The highest BCUT2D eigenvalue weighted by Gasteiger charge is 2.19. The van der Waals surface area contributed by atoms with Crippen LogP contribution in [0.1, 0.15) is 17.3 Å². The molecule has 0 bridgehead atoms. The first-order chi connectivity index (χ1) is 9.70. The maximum atomic E-state index is 6.04. The van der Waals surface area contributed by atoms with Crippen LogP contribution in [0.2, 0.25) is 5.02 Å². The second kappa shape index (κ2) is 5.27. The highest BCUT2D eigenvalue weighted by Crippen LogP contribution is 2.27. The molecule has 102 valence electrons. The summed E-state index contributed by atoms with van der Waals surface area (Å²) < 4.78 is 2.09. The van der Waals surface area contributed by atoms with Gasteiger partial charge < -0.3 is 10.3 Å². The van der Waals surface area contributed by atoms with Gasteiger partial charge in [0.05, 0.1) is 17.0 Å². The third-order valence-electron chi connectivity index (χ3n) is 3.63. The molecule has 20 heavy (non-hydrogen) atoms. The maximum absolute atomic E-state index is 6.04. The number of hydrogen-bond donors (Lipinski definition) is 1. The molecule has 0 aliphatic heterocycles. The van der Waals surface area contributed by atoms with E-state index in [1.807, 2.05) is 43.4 Å². The van der Waals surface area contributed by atoms with Crippen molar-refractivity contribution in [2.24, 2.45) is 12.8 Å². The first kappa shape index (κ1) is 13.2. The molecule has 0 amide bonds. The third-order valence-corrected chi connectivity index (χ3v) is 3.86. The zero-order valence-corrected chi connectivity index (χ0v) is 12.0. The molecule has 1 heterocycles. The summed E-state index contributed by atoms with van der Waals surface area (Å²) >= 11 is 6.04. The van der Waals surface area contributed by atoms with E-state index in [-0.39, 0.29) is 5.92 Å². The van der Waals surface area contributed by atoms with Gasteiger partial charge >= 0.3 is 0 Å². The zero-order valence-electron chi connectivity index (χ0n) is 11.3. The summed E-state index contributed by atoms with van der Waals surface area (Å²) in [4.78, 5) is 4.72. The van der Waals surface area contributed by atoms with Gasteiger partial charge in [-0.2, -0.15) is 0 Å². The Labute approximate surface area is 123 Å². The third kappa shape index (κ3) is 2.19. The minimum atomic E-state index is 0.0902. The Morgan fingerprint density at radius 3 is 2.65 bits per heavy atom. The number of fused-ring (bicyclic) bond motifs is 1. The van der Waals surface area contributed by atoms with Gasteiger partial charge in [0.25, 0.3) is 0 Å². The predicted octanol–water partition coefficient (Wildman–Crippen LogP) is 3.32. The average molecular weight is 286 g/mol. The number of nitrogens with two attached hydrogens (primary N) is 1. The zero-order chi connectivity index (χ0) is 14.1. The molecule has 0 saturated heterocycles. The fourth-order valence-corrected chi connectivity index (χ4v) is 2.75. The lowest BCUT2D eigenvalue weighted by Crippen LogP contribution is -2.17. The van der Waals surface area contributed by atoms with E-state index >= 15 is 0 Å². The molecule has 2 N–H and O–H groups in total. The van der Waals surface area contributed by atoms with Crippen molar-refractivity contribution < 1.29 is 0 Å². The van der Waals surface area contributed by atoms with E-state index in [1.165, 1.54) is 5.56 Å². The van der Waals surface area contributed by atoms with Crippen molar-refractivity contribution in [1.29, 1.82) is 0 Å². The minimum absolute atomic E-state index is 0.0902. The van der Waals surface area contributed by atoms with Gasteiger partial charge in [0.2, 0.25) is 0 Å². The van der Waals surface area contributed by atoms with E-state index in [4.69, 9.17) is 22.3 Å². The summed E-state index contributed by atoms with van der Waals surface area (Å²) in [5, 5.41) is 0.700. The summed E-state index contributed by atoms with van der Waals surface area (Å²) in [7, 11) is 2.02. The molecule has 1 atom stereocenters. The maximum Gasteiger partial charge on any atom is 0.118 e. The fourth-order valence-electron chi connectivity index (χ4n) is 2.58. The molecule has 1 unspecified atom stereocenters. The van der Waals surface area contributed by atoms with Gasteiger partial charge in [-0.1, -0.05) is 41.9 Å². The molecule has 0 radical (unpaired) electrons. The minimum Gasteiger partial charge on any atom is -0.331 e. The predicted molar refractivity (Wildman–Crippen MR) is 83.1 cm³/mol. The molecular weight excluding hydrogens is 270 g/mol. The molecule has 0 saturated carbocycles. The lowest BCUT2D eigenvalue weighted by atomic mass is 9.98. The number of nitrogens with zero attached hydrogens (tertiary/aromatic N) is 2. The van der Waals surface area contributed by atoms with E-state index in [0.717, 1.165) is 16.9 Å². The SMILES string of the molecule is Cn1c(C(CN)c2ccccc2)nc2cc(Cl)ccc21. The molecule has 0 spiro atoms. The number of benzene rings is 2. The number of rotatable bonds is 3. The number of halogens is 1. The summed E-state index contributed by atoms with van der Waals surface area (Å²) in [6.45, 7) is 0.523. The lowest BCUT2D eigenvalue weighted by molar-refractivity contribution is 0.708. The topological polar surface area (TPSA) is 43.8 Å². The number of imidazole rings is 1. The van der Waals surface area contributed by atoms with Gasteiger partial charge in [-0.15, -0.1) is 0 Å². The van der Waals surface area contributed by atoms with Crippen LogP contribution in [0.3, 0.4) is 0 Å². The second-order valence-electron chi connectivity index (χ2n) is 4.86. The molecule has 3 aromatic rings. The summed E-state index contributed by atoms with van der Waals surface area (Å²) in [6.07, 6.45) is 0. The Bertz CT molecular complexity index is 734. The Hall–Kier alpha value is -1.84. The second-order valence-corrected chi connectivity index (χ2v) is 5.30. The van der Waals surface area contributed by atoms with Crippen molar-refractivity contribution in [2.75, 3.05) is 6.54 Å². The largest absolute Gasteiger partial charge is 0.331 e. The molecule has 4 heteroatoms. The van der Waals surface area contributed by atoms with Crippen LogP contribution in [0.15, 0.2) is 48.5 Å². The molecule has 0 aliphatic rings. The van der Waals surface area contributed by atoms with E-state index in [1.54, 1.807) is 0 Å². The van der Waals surface area contributed by atoms with Crippen molar-refractivity contribution in [3.05, 3.63) is 64.9 Å². The molecule has 0 fully saturated rings. The molecule has 3 rings (SSSR count). The van der Waals surface area contributed by atoms with Crippen molar-refractivity contribution in [3.8, 4) is 0 Å². The van der Waals surface area contributed by atoms with E-state index < -0.39 is 0 Å². The van der Waals surface area contributed by atoms with Crippen LogP contribution in [-0.2, 0) is 7.05 Å². The quantitative estimate of drug-likeness (QED) is 0.802. The summed E-state index contributed by atoms with van der Waals surface area (Å²) in [6, 6.07) is 16.0. The van der Waals surface area contributed by atoms with Gasteiger partial charge in [0.1, 0.15) is 5.82 Å². The van der Waals surface area contributed by atoms with Gasteiger partial charge in [0.15, 0.2) is 0 Å². The van der Waals surface area contributed by atoms with Crippen LogP contribution < -0.4 is 5.73 Å². The highest BCUT2D eigenvalue weighted by molar-refractivity contribution is 6.31. The number of aromatic nitrogens is 2.